The molecule has 2 unspecified atom stereocenters. The average Bonchev–Trinajstić information content (AvgIpc) is 2.88. The standard InChI is InChI=1S/C16H22F2N2O.ClH/c1-16(4-5-19-10-16)11-20-6-7-21-15(9-20)12-2-3-13(17)14(18)8-12;/h2-3,8,15,19H,4-7,9-11H2,1H3;1H. The molecule has 1 N–H and O–H groups in total. The van der Waals surface area contributed by atoms with Crippen LogP contribution in [0.4, 0.5) is 8.78 Å². The van der Waals surface area contributed by atoms with Crippen LogP contribution in [0.2, 0.25) is 0 Å². The molecule has 1 aromatic carbocycles. The van der Waals surface area contributed by atoms with E-state index in [2.05, 4.69) is 17.1 Å². The largest absolute Gasteiger partial charge is 0.371 e. The fourth-order valence-electron chi connectivity index (χ4n) is 3.30. The van der Waals surface area contributed by atoms with Crippen LogP contribution in [-0.4, -0.2) is 44.2 Å². The first-order chi connectivity index (χ1) is 10.1. The average molecular weight is 333 g/mol. The molecule has 0 aromatic heterocycles. The summed E-state index contributed by atoms with van der Waals surface area (Å²) in [6, 6.07) is 4.04. The lowest BCUT2D eigenvalue weighted by molar-refractivity contribution is -0.0402. The van der Waals surface area contributed by atoms with E-state index in [1.54, 1.807) is 6.07 Å². The predicted molar refractivity (Wildman–Crippen MR) is 84.3 cm³/mol. The summed E-state index contributed by atoms with van der Waals surface area (Å²) >= 11 is 0. The maximum atomic E-state index is 13.4. The summed E-state index contributed by atoms with van der Waals surface area (Å²) in [6.07, 6.45) is 1.01. The minimum absolute atomic E-state index is 0. The first-order valence-corrected chi connectivity index (χ1v) is 7.55. The Hall–Kier alpha value is -0.750. The third kappa shape index (κ3) is 3.96. The zero-order valence-electron chi connectivity index (χ0n) is 12.8. The van der Waals surface area contributed by atoms with E-state index < -0.39 is 11.6 Å². The lowest BCUT2D eigenvalue weighted by Crippen LogP contribution is -2.44. The second-order valence-electron chi connectivity index (χ2n) is 6.51. The summed E-state index contributed by atoms with van der Waals surface area (Å²) in [5, 5.41) is 3.41. The van der Waals surface area contributed by atoms with Crippen LogP contribution in [0.15, 0.2) is 18.2 Å². The van der Waals surface area contributed by atoms with Crippen molar-refractivity contribution in [3.05, 3.63) is 35.4 Å². The van der Waals surface area contributed by atoms with Gasteiger partial charge in [0, 0.05) is 26.2 Å². The van der Waals surface area contributed by atoms with Gasteiger partial charge < -0.3 is 10.1 Å². The van der Waals surface area contributed by atoms with Gasteiger partial charge >= 0.3 is 0 Å². The van der Waals surface area contributed by atoms with Crippen molar-refractivity contribution in [1.29, 1.82) is 0 Å². The molecule has 0 spiro atoms. The fourth-order valence-corrected chi connectivity index (χ4v) is 3.30. The predicted octanol–water partition coefficient (Wildman–Crippen LogP) is 2.76. The molecule has 124 valence electrons. The number of nitrogens with zero attached hydrogens (tertiary/aromatic N) is 1. The molecule has 1 aromatic rings. The van der Waals surface area contributed by atoms with Crippen molar-refractivity contribution in [2.75, 3.05) is 39.3 Å². The van der Waals surface area contributed by atoms with Gasteiger partial charge in [-0.25, -0.2) is 8.78 Å². The van der Waals surface area contributed by atoms with Crippen molar-refractivity contribution in [1.82, 2.24) is 10.2 Å². The Kier molecular flexibility index (Phi) is 5.77. The number of benzene rings is 1. The summed E-state index contributed by atoms with van der Waals surface area (Å²) in [6.45, 7) is 7.70. The quantitative estimate of drug-likeness (QED) is 0.921. The maximum Gasteiger partial charge on any atom is 0.159 e. The number of ether oxygens (including phenoxy) is 1. The smallest absolute Gasteiger partial charge is 0.159 e. The van der Waals surface area contributed by atoms with Gasteiger partial charge in [-0.05, 0) is 36.1 Å². The van der Waals surface area contributed by atoms with E-state index in [0.717, 1.165) is 32.7 Å². The van der Waals surface area contributed by atoms with Crippen LogP contribution in [0.3, 0.4) is 0 Å². The monoisotopic (exact) mass is 332 g/mol. The summed E-state index contributed by atoms with van der Waals surface area (Å²) in [4.78, 5) is 2.38. The molecule has 3 nitrogen and oxygen atoms in total. The number of hydrogen-bond donors (Lipinski definition) is 1. The van der Waals surface area contributed by atoms with Crippen LogP contribution in [0.25, 0.3) is 0 Å². The molecule has 2 heterocycles. The van der Waals surface area contributed by atoms with Crippen LogP contribution in [0, 0.1) is 17.0 Å². The van der Waals surface area contributed by atoms with Gasteiger partial charge in [-0.15, -0.1) is 12.4 Å². The van der Waals surface area contributed by atoms with E-state index in [4.69, 9.17) is 4.74 Å². The molecule has 0 amide bonds. The van der Waals surface area contributed by atoms with Crippen molar-refractivity contribution in [2.24, 2.45) is 5.41 Å². The number of halogens is 3. The summed E-state index contributed by atoms with van der Waals surface area (Å²) < 4.78 is 32.1. The Morgan fingerprint density at radius 2 is 2.18 bits per heavy atom. The van der Waals surface area contributed by atoms with Crippen molar-refractivity contribution < 1.29 is 13.5 Å². The number of hydrogen-bond acceptors (Lipinski definition) is 3. The number of rotatable bonds is 3. The molecule has 2 atom stereocenters. The molecule has 0 aliphatic carbocycles. The molecular weight excluding hydrogens is 310 g/mol. The van der Waals surface area contributed by atoms with Crippen molar-refractivity contribution in [2.45, 2.75) is 19.4 Å². The molecule has 0 bridgehead atoms. The molecule has 22 heavy (non-hydrogen) atoms. The lowest BCUT2D eigenvalue weighted by Gasteiger charge is -2.37. The highest BCUT2D eigenvalue weighted by Crippen LogP contribution is 2.29. The van der Waals surface area contributed by atoms with Crippen molar-refractivity contribution >= 4 is 12.4 Å². The summed E-state index contributed by atoms with van der Waals surface area (Å²) in [5.74, 6) is -1.61. The van der Waals surface area contributed by atoms with Crippen molar-refractivity contribution in [3.63, 3.8) is 0 Å². The van der Waals surface area contributed by atoms with Crippen LogP contribution < -0.4 is 5.32 Å². The Bertz CT molecular complexity index is 509. The van der Waals surface area contributed by atoms with Gasteiger partial charge in [-0.2, -0.15) is 0 Å². The Morgan fingerprint density at radius 3 is 2.86 bits per heavy atom. The molecule has 2 fully saturated rings. The minimum Gasteiger partial charge on any atom is -0.371 e. The van der Waals surface area contributed by atoms with E-state index in [1.165, 1.54) is 18.6 Å². The highest BCUT2D eigenvalue weighted by molar-refractivity contribution is 5.85. The van der Waals surface area contributed by atoms with Crippen LogP contribution in [0.1, 0.15) is 25.0 Å². The molecular formula is C16H23ClF2N2O. The normalized spacial score (nSPS) is 29.3. The molecule has 2 aliphatic rings. The van der Waals surface area contributed by atoms with Gasteiger partial charge in [0.15, 0.2) is 11.6 Å². The van der Waals surface area contributed by atoms with Crippen molar-refractivity contribution in [3.8, 4) is 0 Å². The maximum absolute atomic E-state index is 13.4. The summed E-state index contributed by atoms with van der Waals surface area (Å²) in [7, 11) is 0. The van der Waals surface area contributed by atoms with Crippen LogP contribution >= 0.6 is 12.4 Å². The van der Waals surface area contributed by atoms with E-state index in [0.29, 0.717) is 17.6 Å². The molecule has 0 saturated carbocycles. The van der Waals surface area contributed by atoms with Gasteiger partial charge in [-0.3, -0.25) is 4.90 Å². The Balaban J connectivity index is 0.00000176. The van der Waals surface area contributed by atoms with E-state index >= 15 is 0 Å². The van der Waals surface area contributed by atoms with E-state index in [1.807, 2.05) is 0 Å². The van der Waals surface area contributed by atoms with E-state index in [-0.39, 0.29) is 18.5 Å². The first kappa shape index (κ1) is 17.6. The zero-order chi connectivity index (χ0) is 14.9. The lowest BCUT2D eigenvalue weighted by atomic mass is 9.89. The molecule has 2 saturated heterocycles. The zero-order valence-corrected chi connectivity index (χ0v) is 13.6. The van der Waals surface area contributed by atoms with Crippen LogP contribution in [-0.2, 0) is 4.74 Å². The van der Waals surface area contributed by atoms with Gasteiger partial charge in [0.1, 0.15) is 0 Å². The minimum atomic E-state index is -0.809. The Morgan fingerprint density at radius 1 is 1.36 bits per heavy atom. The number of nitrogens with one attached hydrogen (secondary N) is 1. The van der Waals surface area contributed by atoms with Crippen LogP contribution in [0.5, 0.6) is 0 Å². The van der Waals surface area contributed by atoms with Gasteiger partial charge in [-0.1, -0.05) is 13.0 Å². The van der Waals surface area contributed by atoms with Gasteiger partial charge in [0.25, 0.3) is 0 Å². The van der Waals surface area contributed by atoms with Gasteiger partial charge in [0.05, 0.1) is 12.7 Å². The topological polar surface area (TPSA) is 24.5 Å². The van der Waals surface area contributed by atoms with Gasteiger partial charge in [0.2, 0.25) is 0 Å². The Labute approximate surface area is 136 Å². The third-order valence-corrected chi connectivity index (χ3v) is 4.53. The van der Waals surface area contributed by atoms with E-state index in [9.17, 15) is 8.78 Å². The highest BCUT2D eigenvalue weighted by Gasteiger charge is 2.33. The molecule has 2 aliphatic heterocycles. The SMILES string of the molecule is CC1(CN2CCOC(c3ccc(F)c(F)c3)C2)CCNC1.Cl. The first-order valence-electron chi connectivity index (χ1n) is 7.55. The molecule has 6 heteroatoms. The third-order valence-electron chi connectivity index (χ3n) is 4.53. The second-order valence-corrected chi connectivity index (χ2v) is 6.51. The fraction of sp³-hybridized carbons (Fsp3) is 0.625. The highest BCUT2D eigenvalue weighted by atomic mass is 35.5. The second kappa shape index (κ2) is 7.21. The molecule has 0 radical (unpaired) electrons. The molecule has 3 rings (SSSR count). The summed E-state index contributed by atoms with van der Waals surface area (Å²) in [5.41, 5.74) is 1.02. The number of morpholine rings is 1.